The topological polar surface area (TPSA) is 60.9 Å². The van der Waals surface area contributed by atoms with Gasteiger partial charge in [-0.15, -0.1) is 0 Å². The van der Waals surface area contributed by atoms with Crippen LogP contribution in [0.2, 0.25) is 0 Å². The minimum atomic E-state index is -0.540. The van der Waals surface area contributed by atoms with Crippen molar-refractivity contribution in [2.75, 3.05) is 21.1 Å². The number of nitrogens with zero attached hydrogens (tertiary/aromatic N) is 3. The van der Waals surface area contributed by atoms with Crippen LogP contribution in [0.3, 0.4) is 0 Å². The highest BCUT2D eigenvalue weighted by Gasteiger charge is 2.35. The highest BCUT2D eigenvalue weighted by atomic mass is 16.2. The third-order valence-electron chi connectivity index (χ3n) is 1.87. The molecule has 1 fully saturated rings. The lowest BCUT2D eigenvalue weighted by Crippen LogP contribution is -2.55. The Hall–Kier alpha value is -1.81. The molecule has 6 heteroatoms. The van der Waals surface area contributed by atoms with E-state index in [1.807, 2.05) is 0 Å². The zero-order valence-electron chi connectivity index (χ0n) is 7.57. The molecular weight excluding hydrogens is 174 g/mol. The number of carbonyl (C=O) groups excluding carboxylic acids is 3. The molecule has 1 heterocycles. The van der Waals surface area contributed by atoms with Gasteiger partial charge in [0.2, 0.25) is 5.82 Å². The van der Waals surface area contributed by atoms with Gasteiger partial charge in [-0.3, -0.25) is 9.80 Å². The summed E-state index contributed by atoms with van der Waals surface area (Å²) in [7, 11) is 4.16. The van der Waals surface area contributed by atoms with Crippen molar-refractivity contribution >= 4 is 18.0 Å². The Kier molecular flexibility index (Phi) is 2.08. The molecule has 0 radical (unpaired) electrons. The molecule has 1 saturated heterocycles. The molecule has 1 aliphatic rings. The summed E-state index contributed by atoms with van der Waals surface area (Å²) >= 11 is 0. The van der Waals surface area contributed by atoms with Crippen LogP contribution in [0.5, 0.6) is 0 Å². The fourth-order valence-corrected chi connectivity index (χ4v) is 1.07. The highest BCUT2D eigenvalue weighted by Crippen LogP contribution is 2.14. The maximum Gasteiger partial charge on any atom is 0.333 e. The van der Waals surface area contributed by atoms with Crippen molar-refractivity contribution in [2.45, 2.75) is 0 Å². The number of imide groups is 1. The van der Waals surface area contributed by atoms with Crippen LogP contribution in [-0.4, -0.2) is 53.8 Å². The molecule has 6 nitrogen and oxygen atoms in total. The summed E-state index contributed by atoms with van der Waals surface area (Å²) in [4.78, 5) is 36.0. The molecule has 0 unspecified atom stereocenters. The van der Waals surface area contributed by atoms with Crippen molar-refractivity contribution in [3.63, 3.8) is 0 Å². The van der Waals surface area contributed by atoms with E-state index in [0.717, 1.165) is 14.7 Å². The summed E-state index contributed by atoms with van der Waals surface area (Å²) in [5.74, 6) is 1.46. The molecule has 0 N–H and O–H groups in total. The number of rotatable bonds is 0. The second-order valence-corrected chi connectivity index (χ2v) is 2.67. The molecule has 0 aliphatic carbocycles. The Balaban J connectivity index is 3.14. The first-order chi connectivity index (χ1) is 6.00. The fourth-order valence-electron chi connectivity index (χ4n) is 1.07. The van der Waals surface area contributed by atoms with Crippen molar-refractivity contribution in [2.24, 2.45) is 0 Å². The smallest absolute Gasteiger partial charge is 0.273 e. The van der Waals surface area contributed by atoms with Gasteiger partial charge in [-0.25, -0.2) is 19.3 Å². The number of urea groups is 2. The Morgan fingerprint density at radius 3 is 1.62 bits per heavy atom. The van der Waals surface area contributed by atoms with E-state index in [0.29, 0.717) is 0 Å². The lowest BCUT2D eigenvalue weighted by molar-refractivity contribution is 0.135. The molecule has 70 valence electrons. The SMILES string of the molecule is CN1C(=O)N(C)C(=C=O)N(C)C1=O. The second kappa shape index (κ2) is 2.91. The number of amides is 4. The lowest BCUT2D eigenvalue weighted by Gasteiger charge is -2.35. The van der Waals surface area contributed by atoms with Crippen LogP contribution in [0.15, 0.2) is 5.82 Å². The first-order valence-electron chi connectivity index (χ1n) is 3.55. The van der Waals surface area contributed by atoms with Crippen molar-refractivity contribution < 1.29 is 14.4 Å². The van der Waals surface area contributed by atoms with Gasteiger partial charge in [-0.05, 0) is 0 Å². The van der Waals surface area contributed by atoms with E-state index >= 15 is 0 Å². The molecule has 0 aromatic rings. The van der Waals surface area contributed by atoms with E-state index in [1.54, 1.807) is 0 Å². The molecule has 0 aromatic heterocycles. The number of hydrogen-bond donors (Lipinski definition) is 0. The standard InChI is InChI=1S/C7H9N3O3/c1-8-5(4-11)9(2)7(13)10(3)6(8)12/h1-3H3. The number of hydrogen-bond acceptors (Lipinski definition) is 3. The molecule has 0 saturated carbocycles. The Bertz CT molecular complexity index is 295. The van der Waals surface area contributed by atoms with Crippen LogP contribution in [0, 0.1) is 0 Å². The molecule has 0 aromatic carbocycles. The average Bonchev–Trinajstić information content (AvgIpc) is 2.13. The first kappa shape index (κ1) is 9.28. The van der Waals surface area contributed by atoms with Crippen molar-refractivity contribution in [1.29, 1.82) is 0 Å². The Morgan fingerprint density at radius 2 is 1.31 bits per heavy atom. The summed E-state index contributed by atoms with van der Waals surface area (Å²) < 4.78 is 0. The van der Waals surface area contributed by atoms with E-state index in [-0.39, 0.29) is 5.82 Å². The van der Waals surface area contributed by atoms with Gasteiger partial charge in [0.1, 0.15) is 0 Å². The summed E-state index contributed by atoms with van der Waals surface area (Å²) in [5.41, 5.74) is 0. The predicted octanol–water partition coefficient (Wildman–Crippen LogP) is -0.292. The Morgan fingerprint density at radius 1 is 0.923 bits per heavy atom. The van der Waals surface area contributed by atoms with Gasteiger partial charge in [-0.2, -0.15) is 0 Å². The lowest BCUT2D eigenvalue weighted by atomic mass is 10.5. The van der Waals surface area contributed by atoms with Crippen molar-refractivity contribution in [3.8, 4) is 0 Å². The van der Waals surface area contributed by atoms with Crippen LogP contribution in [0.25, 0.3) is 0 Å². The van der Waals surface area contributed by atoms with Crippen LogP contribution < -0.4 is 0 Å². The zero-order chi connectivity index (χ0) is 10.2. The molecular formula is C7H9N3O3. The number of carbonyl (C=O) groups is 2. The summed E-state index contributed by atoms with van der Waals surface area (Å²) in [5, 5.41) is 0. The maximum absolute atomic E-state index is 11.3. The van der Waals surface area contributed by atoms with E-state index in [1.165, 1.54) is 27.1 Å². The van der Waals surface area contributed by atoms with E-state index in [2.05, 4.69) is 0 Å². The normalized spacial score (nSPS) is 18.1. The van der Waals surface area contributed by atoms with E-state index in [9.17, 15) is 14.4 Å². The monoisotopic (exact) mass is 183 g/mol. The molecule has 1 rings (SSSR count). The van der Waals surface area contributed by atoms with Crippen molar-refractivity contribution in [1.82, 2.24) is 14.7 Å². The molecule has 0 bridgehead atoms. The third kappa shape index (κ3) is 1.17. The van der Waals surface area contributed by atoms with E-state index in [4.69, 9.17) is 0 Å². The maximum atomic E-state index is 11.3. The minimum absolute atomic E-state index is 0.0758. The van der Waals surface area contributed by atoms with Gasteiger partial charge >= 0.3 is 12.1 Å². The minimum Gasteiger partial charge on any atom is -0.273 e. The van der Waals surface area contributed by atoms with Gasteiger partial charge in [0.05, 0.1) is 0 Å². The van der Waals surface area contributed by atoms with Gasteiger partial charge in [0.15, 0.2) is 5.94 Å². The van der Waals surface area contributed by atoms with Gasteiger partial charge in [-0.1, -0.05) is 0 Å². The van der Waals surface area contributed by atoms with Crippen molar-refractivity contribution in [3.05, 3.63) is 5.82 Å². The predicted molar refractivity (Wildman–Crippen MR) is 43.3 cm³/mol. The molecule has 0 spiro atoms. The largest absolute Gasteiger partial charge is 0.333 e. The van der Waals surface area contributed by atoms with Gasteiger partial charge < -0.3 is 0 Å². The third-order valence-corrected chi connectivity index (χ3v) is 1.87. The van der Waals surface area contributed by atoms with Gasteiger partial charge in [0, 0.05) is 21.1 Å². The van der Waals surface area contributed by atoms with Crippen LogP contribution in [-0.2, 0) is 4.79 Å². The molecule has 4 amide bonds. The van der Waals surface area contributed by atoms with E-state index < -0.39 is 12.1 Å². The second-order valence-electron chi connectivity index (χ2n) is 2.67. The van der Waals surface area contributed by atoms with Crippen LogP contribution in [0.1, 0.15) is 0 Å². The summed E-state index contributed by atoms with van der Waals surface area (Å²) in [6, 6.07) is -1.08. The molecule has 0 atom stereocenters. The fraction of sp³-hybridized carbons (Fsp3) is 0.429. The zero-order valence-corrected chi connectivity index (χ0v) is 7.57. The van der Waals surface area contributed by atoms with Gasteiger partial charge in [0.25, 0.3) is 0 Å². The first-order valence-corrected chi connectivity index (χ1v) is 3.55. The molecule has 13 heavy (non-hydrogen) atoms. The van der Waals surface area contributed by atoms with Crippen LogP contribution in [0.4, 0.5) is 9.59 Å². The summed E-state index contributed by atoms with van der Waals surface area (Å²) in [6.45, 7) is 0. The average molecular weight is 183 g/mol. The van der Waals surface area contributed by atoms with Crippen LogP contribution >= 0.6 is 0 Å². The quantitative estimate of drug-likeness (QED) is 0.485. The molecule has 1 aliphatic heterocycles. The highest BCUT2D eigenvalue weighted by molar-refractivity contribution is 5.98. The Labute approximate surface area is 75.0 Å². The summed E-state index contributed by atoms with van der Waals surface area (Å²) in [6.07, 6.45) is 0.